The smallest absolute Gasteiger partial charge is 0.346 e. The van der Waals surface area contributed by atoms with Crippen LogP contribution in [0.4, 0.5) is 5.69 Å². The van der Waals surface area contributed by atoms with Crippen molar-refractivity contribution >= 4 is 63.8 Å². The van der Waals surface area contributed by atoms with Gasteiger partial charge in [-0.25, -0.2) is 9.59 Å². The van der Waals surface area contributed by atoms with E-state index in [-0.39, 0.29) is 23.0 Å². The van der Waals surface area contributed by atoms with Gasteiger partial charge in [0.2, 0.25) is 0 Å². The van der Waals surface area contributed by atoms with Crippen LogP contribution in [0.15, 0.2) is 123 Å². The second-order valence-electron chi connectivity index (χ2n) is 12.2. The molecule has 0 atom stereocenters. The molecule has 0 saturated heterocycles. The predicted molar refractivity (Wildman–Crippen MR) is 207 cm³/mol. The third-order valence-corrected chi connectivity index (χ3v) is 12.4. The number of rotatable bonds is 9. The number of nitrogens with zero attached hydrogens (tertiary/aromatic N) is 1. The molecule has 49 heavy (non-hydrogen) atoms. The summed E-state index contributed by atoms with van der Waals surface area (Å²) in [5, 5.41) is 0. The van der Waals surface area contributed by atoms with Crippen molar-refractivity contribution < 1.29 is 19.1 Å². The van der Waals surface area contributed by atoms with Gasteiger partial charge in [-0.3, -0.25) is 0 Å². The number of anilines is 1. The van der Waals surface area contributed by atoms with E-state index in [0.717, 1.165) is 54.7 Å². The number of fused-ring (bicyclic) bond motifs is 1. The van der Waals surface area contributed by atoms with Gasteiger partial charge >= 0.3 is 11.9 Å². The summed E-state index contributed by atoms with van der Waals surface area (Å²) in [6.45, 7) is 11.0. The molecule has 8 heteroatoms. The van der Waals surface area contributed by atoms with Crippen molar-refractivity contribution in [3.63, 3.8) is 0 Å². The Morgan fingerprint density at radius 1 is 0.694 bits per heavy atom. The predicted octanol–water partition coefficient (Wildman–Crippen LogP) is 9.54. The van der Waals surface area contributed by atoms with Crippen LogP contribution < -0.4 is 4.90 Å². The molecule has 0 amide bonds. The van der Waals surface area contributed by atoms with Gasteiger partial charge in [0.05, 0.1) is 28.4 Å². The van der Waals surface area contributed by atoms with E-state index in [1.54, 1.807) is 13.8 Å². The highest BCUT2D eigenvalue weighted by molar-refractivity contribution is 8.29. The van der Waals surface area contributed by atoms with E-state index < -0.39 is 22.9 Å². The monoisotopic (exact) mass is 705 g/mol. The fraction of sp³-hybridized carbons (Fsp3) is 0.244. The molecule has 2 heterocycles. The summed E-state index contributed by atoms with van der Waals surface area (Å²) in [7, 11) is 0. The molecule has 0 N–H and O–H groups in total. The van der Waals surface area contributed by atoms with Gasteiger partial charge in [0.1, 0.15) is 9.81 Å². The third-order valence-electron chi connectivity index (χ3n) is 9.11. The van der Waals surface area contributed by atoms with Crippen LogP contribution >= 0.6 is 35.7 Å². The van der Waals surface area contributed by atoms with Crippen molar-refractivity contribution in [2.24, 2.45) is 0 Å². The number of benzene rings is 4. The number of esters is 2. The zero-order valence-electron chi connectivity index (χ0n) is 28.3. The molecule has 0 saturated carbocycles. The third kappa shape index (κ3) is 6.04. The molecule has 0 unspecified atom stereocenters. The Labute approximate surface area is 302 Å². The molecule has 2 aliphatic heterocycles. The van der Waals surface area contributed by atoms with Crippen molar-refractivity contribution in [2.45, 2.75) is 45.6 Å². The normalized spacial score (nSPS) is 15.7. The molecule has 5 nitrogen and oxygen atoms in total. The Balaban J connectivity index is 1.66. The van der Waals surface area contributed by atoms with Gasteiger partial charge in [0.15, 0.2) is 0 Å². The summed E-state index contributed by atoms with van der Waals surface area (Å²) in [5.41, 5.74) is 6.13. The quantitative estimate of drug-likeness (QED) is 0.0739. The summed E-state index contributed by atoms with van der Waals surface area (Å²) in [6, 6.07) is 38.5. The Morgan fingerprint density at radius 2 is 1.14 bits per heavy atom. The van der Waals surface area contributed by atoms with Crippen LogP contribution in [0, 0.1) is 0 Å². The summed E-state index contributed by atoms with van der Waals surface area (Å²) in [6.07, 6.45) is 0. The van der Waals surface area contributed by atoms with E-state index in [0.29, 0.717) is 0 Å². The molecule has 4 aromatic rings. The van der Waals surface area contributed by atoms with Crippen LogP contribution in [0.25, 0.3) is 5.57 Å². The van der Waals surface area contributed by atoms with E-state index in [9.17, 15) is 9.59 Å². The van der Waals surface area contributed by atoms with Crippen LogP contribution in [0.5, 0.6) is 0 Å². The van der Waals surface area contributed by atoms with Gasteiger partial charge < -0.3 is 14.4 Å². The van der Waals surface area contributed by atoms with Gasteiger partial charge in [0, 0.05) is 28.2 Å². The fourth-order valence-electron chi connectivity index (χ4n) is 6.95. The van der Waals surface area contributed by atoms with Gasteiger partial charge in [-0.1, -0.05) is 133 Å². The lowest BCUT2D eigenvalue weighted by molar-refractivity contribution is -0.140. The average molecular weight is 706 g/mol. The average Bonchev–Trinajstić information content (AvgIpc) is 3.56. The second-order valence-corrected chi connectivity index (χ2v) is 14.9. The minimum atomic E-state index is -0.666. The first-order valence-electron chi connectivity index (χ1n) is 16.5. The van der Waals surface area contributed by atoms with E-state index in [1.165, 1.54) is 23.5 Å². The lowest BCUT2D eigenvalue weighted by Gasteiger charge is -2.47. The maximum Gasteiger partial charge on any atom is 0.346 e. The summed E-state index contributed by atoms with van der Waals surface area (Å²) >= 11 is 8.87. The molecule has 2 aliphatic rings. The zero-order valence-corrected chi connectivity index (χ0v) is 30.8. The highest BCUT2D eigenvalue weighted by atomic mass is 32.2. The number of carbonyl (C=O) groups is 2. The van der Waals surface area contributed by atoms with Crippen molar-refractivity contribution in [3.05, 3.63) is 151 Å². The molecule has 4 aromatic carbocycles. The van der Waals surface area contributed by atoms with Crippen molar-refractivity contribution in [3.8, 4) is 0 Å². The Bertz CT molecular complexity index is 1820. The Kier molecular flexibility index (Phi) is 10.2. The largest absolute Gasteiger partial charge is 0.462 e. The van der Waals surface area contributed by atoms with E-state index in [2.05, 4.69) is 117 Å². The van der Waals surface area contributed by atoms with Gasteiger partial charge in [0.25, 0.3) is 0 Å². The summed E-state index contributed by atoms with van der Waals surface area (Å²) in [4.78, 5) is 30.0. The number of thiocarbonyl (C=S) groups is 1. The first-order valence-corrected chi connectivity index (χ1v) is 18.6. The van der Waals surface area contributed by atoms with Crippen LogP contribution in [-0.4, -0.2) is 42.1 Å². The molecule has 0 radical (unpaired) electrons. The minimum Gasteiger partial charge on any atom is -0.462 e. The van der Waals surface area contributed by atoms with Crippen molar-refractivity contribution in [2.75, 3.05) is 24.7 Å². The first kappa shape index (κ1) is 34.7. The molecular weight excluding hydrogens is 667 g/mol. The van der Waals surface area contributed by atoms with Gasteiger partial charge in [-0.05, 0) is 69.0 Å². The van der Waals surface area contributed by atoms with E-state index >= 15 is 0 Å². The van der Waals surface area contributed by atoms with Crippen LogP contribution in [0.3, 0.4) is 0 Å². The maximum atomic E-state index is 13.2. The molecule has 0 spiro atoms. The van der Waals surface area contributed by atoms with Gasteiger partial charge in [-0.15, -0.1) is 0 Å². The van der Waals surface area contributed by atoms with Crippen molar-refractivity contribution in [1.29, 1.82) is 0 Å². The van der Waals surface area contributed by atoms with Crippen LogP contribution in [0.1, 0.15) is 62.4 Å². The zero-order chi connectivity index (χ0) is 34.8. The highest BCUT2D eigenvalue weighted by Gasteiger charge is 2.45. The molecule has 0 bridgehead atoms. The highest BCUT2D eigenvalue weighted by Crippen LogP contribution is 2.57. The minimum absolute atomic E-state index is 0.194. The molecule has 0 fully saturated rings. The van der Waals surface area contributed by atoms with Crippen LogP contribution in [0.2, 0.25) is 0 Å². The Morgan fingerprint density at radius 3 is 1.55 bits per heavy atom. The van der Waals surface area contributed by atoms with Gasteiger partial charge in [-0.2, -0.15) is 0 Å². The molecule has 250 valence electrons. The van der Waals surface area contributed by atoms with Crippen molar-refractivity contribution in [1.82, 2.24) is 0 Å². The molecular formula is C41H39NO4S3. The van der Waals surface area contributed by atoms with E-state index in [4.69, 9.17) is 21.7 Å². The standard InChI is InChI=1S/C41H39NO4S3/c1-6-42-32-25-24-30(41(27-18-12-9-13-19-27,28-20-14-10-15-21-28)29-22-16-11-17-23-29)26-31(32)33(36(47)40(42,4)5)39-48-34(37(43)45-7-2)35(49-39)38(44)46-8-3/h9-26H,6-8H2,1-5H3. The lowest BCUT2D eigenvalue weighted by Crippen LogP contribution is -2.53. The summed E-state index contributed by atoms with van der Waals surface area (Å²) < 4.78 is 11.6. The SMILES string of the molecule is CCOC(=O)C1=C(C(=O)OCC)SC(=C2C(=S)C(C)(C)N(CC)c3ccc(C(c4ccccc4)(c4ccccc4)c4ccccc4)cc32)S1. The maximum absolute atomic E-state index is 13.2. The topological polar surface area (TPSA) is 55.8 Å². The Hall–Kier alpha value is -4.11. The second kappa shape index (κ2) is 14.4. The molecule has 6 rings (SSSR count). The lowest BCUT2D eigenvalue weighted by atomic mass is 9.64. The van der Waals surface area contributed by atoms with Crippen LogP contribution in [-0.2, 0) is 24.5 Å². The molecule has 0 aromatic heterocycles. The first-order chi connectivity index (χ1) is 23.7. The number of hydrogen-bond acceptors (Lipinski definition) is 8. The number of hydrogen-bond donors (Lipinski definition) is 0. The fourth-order valence-corrected chi connectivity index (χ4v) is 9.96. The molecule has 0 aliphatic carbocycles. The summed E-state index contributed by atoms with van der Waals surface area (Å²) in [5.74, 6) is -1.08. The van der Waals surface area contributed by atoms with E-state index in [1.807, 2.05) is 18.2 Å². The number of thioether (sulfide) groups is 2. The number of ether oxygens (including phenoxy) is 2. The number of carbonyl (C=O) groups excluding carboxylic acids is 2.